The van der Waals surface area contributed by atoms with Gasteiger partial charge in [-0.25, -0.2) is 4.79 Å². The van der Waals surface area contributed by atoms with Crippen molar-refractivity contribution in [3.8, 4) is 5.75 Å². The van der Waals surface area contributed by atoms with Gasteiger partial charge in [-0.15, -0.1) is 0 Å². The maximum absolute atomic E-state index is 13.2. The van der Waals surface area contributed by atoms with E-state index in [0.29, 0.717) is 42.0 Å². The van der Waals surface area contributed by atoms with Crippen LogP contribution in [0.3, 0.4) is 0 Å². The molecule has 2 aromatic carbocycles. The van der Waals surface area contributed by atoms with Gasteiger partial charge in [-0.05, 0) is 57.2 Å². The number of likely N-dealkylation sites (tertiary alicyclic amines) is 1. The van der Waals surface area contributed by atoms with E-state index in [4.69, 9.17) is 16.3 Å². The maximum Gasteiger partial charge on any atom is 0.416 e. The molecule has 6 nitrogen and oxygen atoms in total. The number of ether oxygens (including phenoxy) is 1. The number of benzene rings is 2. The molecule has 4 rings (SSSR count). The van der Waals surface area contributed by atoms with Gasteiger partial charge in [0.1, 0.15) is 11.4 Å². The predicted octanol–water partition coefficient (Wildman–Crippen LogP) is 5.96. The van der Waals surface area contributed by atoms with Crippen LogP contribution in [0.5, 0.6) is 5.75 Å². The van der Waals surface area contributed by atoms with Crippen molar-refractivity contribution in [2.75, 3.05) is 49.5 Å². The molecule has 36 heavy (non-hydrogen) atoms. The second kappa shape index (κ2) is 10.4. The van der Waals surface area contributed by atoms with E-state index in [1.54, 1.807) is 11.0 Å². The molecule has 10 heteroatoms. The molecule has 0 radical (unpaired) electrons. The van der Waals surface area contributed by atoms with Crippen LogP contribution in [0.15, 0.2) is 42.5 Å². The topological polar surface area (TPSA) is 48.0 Å². The summed E-state index contributed by atoms with van der Waals surface area (Å²) in [7, 11) is 0. The Bertz CT molecular complexity index is 1070. The van der Waals surface area contributed by atoms with Crippen LogP contribution in [0.4, 0.5) is 29.3 Å². The van der Waals surface area contributed by atoms with Crippen LogP contribution in [-0.4, -0.2) is 66.7 Å². The van der Waals surface area contributed by atoms with Crippen molar-refractivity contribution in [1.29, 1.82) is 0 Å². The van der Waals surface area contributed by atoms with Gasteiger partial charge in [-0.3, -0.25) is 4.90 Å². The fraction of sp³-hybridized carbons (Fsp3) is 0.500. The maximum atomic E-state index is 13.2. The summed E-state index contributed by atoms with van der Waals surface area (Å²) in [4.78, 5) is 19.5. The van der Waals surface area contributed by atoms with Crippen LogP contribution in [0.2, 0.25) is 5.02 Å². The molecule has 0 saturated carbocycles. The Kier molecular flexibility index (Phi) is 7.61. The number of piperazine rings is 1. The number of hydrogen-bond acceptors (Lipinski definition) is 4. The first-order valence-electron chi connectivity index (χ1n) is 12.1. The van der Waals surface area contributed by atoms with Gasteiger partial charge < -0.3 is 19.9 Å². The van der Waals surface area contributed by atoms with Gasteiger partial charge in [0.05, 0.1) is 28.5 Å². The van der Waals surface area contributed by atoms with Crippen molar-refractivity contribution in [3.05, 3.63) is 53.1 Å². The van der Waals surface area contributed by atoms with Gasteiger partial charge in [-0.2, -0.15) is 13.2 Å². The van der Waals surface area contributed by atoms with E-state index in [-0.39, 0.29) is 6.03 Å². The highest BCUT2D eigenvalue weighted by Gasteiger charge is 2.39. The number of para-hydroxylation sites is 1. The van der Waals surface area contributed by atoms with Gasteiger partial charge in [0, 0.05) is 45.2 Å². The normalized spacial score (nSPS) is 21.2. The molecule has 0 aliphatic carbocycles. The van der Waals surface area contributed by atoms with E-state index in [0.717, 1.165) is 44.0 Å². The molecule has 196 valence electrons. The first kappa shape index (κ1) is 26.4. The van der Waals surface area contributed by atoms with E-state index < -0.39 is 17.3 Å². The van der Waals surface area contributed by atoms with Crippen molar-refractivity contribution in [1.82, 2.24) is 9.80 Å². The average molecular weight is 525 g/mol. The lowest BCUT2D eigenvalue weighted by atomic mass is 10.1. The van der Waals surface area contributed by atoms with E-state index in [1.165, 1.54) is 12.1 Å². The van der Waals surface area contributed by atoms with E-state index in [2.05, 4.69) is 29.0 Å². The average Bonchev–Trinajstić information content (AvgIpc) is 3.22. The van der Waals surface area contributed by atoms with Gasteiger partial charge in [0.25, 0.3) is 0 Å². The Morgan fingerprint density at radius 3 is 2.33 bits per heavy atom. The number of hydrogen-bond donors (Lipinski definition) is 1. The zero-order valence-corrected chi connectivity index (χ0v) is 21.5. The number of halogens is 4. The molecule has 1 atom stereocenters. The standard InChI is InChI=1S/C26H32ClF3N4O2/c1-18(2)32-13-15-33(16-14-32)22-6-4-5-21(27)23(22)31-24(35)34-12-11-25(3,17-34)36-20-9-7-19(8-10-20)26(28,29)30/h4-10,18H,11-17H2,1-3H3,(H,31,35)/t25-/m1/s1. The Balaban J connectivity index is 1.40. The molecule has 0 bridgehead atoms. The quantitative estimate of drug-likeness (QED) is 0.524. The Morgan fingerprint density at radius 1 is 1.06 bits per heavy atom. The van der Waals surface area contributed by atoms with Gasteiger partial charge in [0.15, 0.2) is 0 Å². The largest absolute Gasteiger partial charge is 0.486 e. The number of carbonyl (C=O) groups is 1. The minimum atomic E-state index is -4.40. The lowest BCUT2D eigenvalue weighted by Crippen LogP contribution is -2.49. The highest BCUT2D eigenvalue weighted by atomic mass is 35.5. The lowest BCUT2D eigenvalue weighted by molar-refractivity contribution is -0.137. The monoisotopic (exact) mass is 524 g/mol. The molecule has 2 aliphatic rings. The molecule has 1 N–H and O–H groups in total. The third-order valence-corrected chi connectivity index (χ3v) is 7.19. The molecule has 2 heterocycles. The highest BCUT2D eigenvalue weighted by molar-refractivity contribution is 6.34. The van der Waals surface area contributed by atoms with Gasteiger partial charge in [0.2, 0.25) is 0 Å². The number of rotatable bonds is 5. The highest BCUT2D eigenvalue weighted by Crippen LogP contribution is 2.36. The SMILES string of the molecule is CC(C)N1CCN(c2cccc(Cl)c2NC(=O)N2CC[C@@](C)(Oc3ccc(C(F)(F)F)cc3)C2)CC1. The third-order valence-electron chi connectivity index (χ3n) is 6.88. The molecular weight excluding hydrogens is 493 g/mol. The molecule has 0 aromatic heterocycles. The molecule has 2 fully saturated rings. The second-order valence-electron chi connectivity index (χ2n) is 9.93. The summed E-state index contributed by atoms with van der Waals surface area (Å²) in [6, 6.07) is 10.4. The number of alkyl halides is 3. The van der Waals surface area contributed by atoms with Crippen LogP contribution >= 0.6 is 11.6 Å². The number of anilines is 2. The fourth-order valence-corrected chi connectivity index (χ4v) is 4.97. The van der Waals surface area contributed by atoms with Crippen molar-refractivity contribution in [2.24, 2.45) is 0 Å². The molecule has 2 aromatic rings. The van der Waals surface area contributed by atoms with Crippen LogP contribution in [0.25, 0.3) is 0 Å². The molecule has 2 saturated heterocycles. The van der Waals surface area contributed by atoms with Gasteiger partial charge in [-0.1, -0.05) is 17.7 Å². The first-order valence-corrected chi connectivity index (χ1v) is 12.5. The van der Waals surface area contributed by atoms with Crippen molar-refractivity contribution < 1.29 is 22.7 Å². The minimum Gasteiger partial charge on any atom is -0.486 e. The minimum absolute atomic E-state index is 0.287. The first-order chi connectivity index (χ1) is 16.9. The summed E-state index contributed by atoms with van der Waals surface area (Å²) in [6.07, 6.45) is -3.85. The molecular formula is C26H32ClF3N4O2. The van der Waals surface area contributed by atoms with Gasteiger partial charge >= 0.3 is 12.2 Å². The molecule has 0 spiro atoms. The smallest absolute Gasteiger partial charge is 0.416 e. The summed E-state index contributed by atoms with van der Waals surface area (Å²) in [5.41, 5.74) is 0.0309. The summed E-state index contributed by atoms with van der Waals surface area (Å²) >= 11 is 6.51. The summed E-state index contributed by atoms with van der Waals surface area (Å²) in [5.74, 6) is 0.335. The number of urea groups is 1. The van der Waals surface area contributed by atoms with Crippen LogP contribution in [0, 0.1) is 0 Å². The summed E-state index contributed by atoms with van der Waals surface area (Å²) in [5, 5.41) is 3.46. The van der Waals surface area contributed by atoms with E-state index in [1.807, 2.05) is 19.1 Å². The van der Waals surface area contributed by atoms with Crippen LogP contribution < -0.4 is 15.0 Å². The fourth-order valence-electron chi connectivity index (χ4n) is 4.75. The lowest BCUT2D eigenvalue weighted by Gasteiger charge is -2.39. The Labute approximate surface area is 214 Å². The third kappa shape index (κ3) is 6.00. The number of carbonyl (C=O) groups excluding carboxylic acids is 1. The van der Waals surface area contributed by atoms with E-state index >= 15 is 0 Å². The number of nitrogens with zero attached hydrogens (tertiary/aromatic N) is 3. The summed E-state index contributed by atoms with van der Waals surface area (Å²) < 4.78 is 44.5. The predicted molar refractivity (Wildman–Crippen MR) is 136 cm³/mol. The molecule has 2 aliphatic heterocycles. The summed E-state index contributed by atoms with van der Waals surface area (Å²) in [6.45, 7) is 10.5. The zero-order chi connectivity index (χ0) is 26.1. The zero-order valence-electron chi connectivity index (χ0n) is 20.7. The second-order valence-corrected chi connectivity index (χ2v) is 10.3. The Morgan fingerprint density at radius 2 is 1.72 bits per heavy atom. The molecule has 2 amide bonds. The van der Waals surface area contributed by atoms with E-state index in [9.17, 15) is 18.0 Å². The number of nitrogens with one attached hydrogen (secondary N) is 1. The molecule has 0 unspecified atom stereocenters. The van der Waals surface area contributed by atoms with Crippen molar-refractivity contribution in [2.45, 2.75) is 45.0 Å². The van der Waals surface area contributed by atoms with Crippen molar-refractivity contribution >= 4 is 29.0 Å². The van der Waals surface area contributed by atoms with Crippen LogP contribution in [0.1, 0.15) is 32.8 Å². The number of amides is 2. The Hall–Kier alpha value is -2.65. The van der Waals surface area contributed by atoms with Crippen LogP contribution in [-0.2, 0) is 6.18 Å². The van der Waals surface area contributed by atoms with Crippen molar-refractivity contribution in [3.63, 3.8) is 0 Å².